The van der Waals surface area contributed by atoms with Crippen molar-refractivity contribution in [2.24, 2.45) is 5.92 Å². The van der Waals surface area contributed by atoms with E-state index in [9.17, 15) is 0 Å². The molecule has 0 aromatic carbocycles. The Hall–Kier alpha value is 0.0249. The largest absolute Gasteiger partial charge is 0.384 e. The Morgan fingerprint density at radius 3 is 2.56 bits per heavy atom. The maximum Gasteiger partial charge on any atom is 0.109 e. The Bertz CT molecular complexity index is 94.9. The molecule has 3 atom stereocenters. The molecule has 2 heteroatoms. The predicted molar refractivity (Wildman–Crippen MR) is 38.5 cm³/mol. The molecule has 1 rings (SSSR count). The predicted octanol–water partition coefficient (Wildman–Crippen LogP) is 1.32. The normalized spacial score (nSPS) is 43.6. The van der Waals surface area contributed by atoms with Crippen molar-refractivity contribution < 1.29 is 4.74 Å². The molecule has 1 unspecified atom stereocenters. The summed E-state index contributed by atoms with van der Waals surface area (Å²) in [6, 6.07) is 0.00458. The standard InChI is InChI=1S/C7H13BO/c1-3-6-5(2)4-7(8)9-6/h5-7H,3-4H2,1-2H3/t5?,6-,7-/m0/s1. The third-order valence-corrected chi connectivity index (χ3v) is 1.99. The first-order chi connectivity index (χ1) is 4.24. The zero-order valence-electron chi connectivity index (χ0n) is 6.13. The molecule has 0 spiro atoms. The zero-order valence-corrected chi connectivity index (χ0v) is 6.13. The van der Waals surface area contributed by atoms with Gasteiger partial charge in [-0.1, -0.05) is 13.8 Å². The summed E-state index contributed by atoms with van der Waals surface area (Å²) in [5, 5.41) is 0. The van der Waals surface area contributed by atoms with Crippen molar-refractivity contribution in [1.82, 2.24) is 0 Å². The summed E-state index contributed by atoms with van der Waals surface area (Å²) in [6.07, 6.45) is 2.54. The highest BCUT2D eigenvalue weighted by molar-refractivity contribution is 6.11. The van der Waals surface area contributed by atoms with Crippen LogP contribution in [0, 0.1) is 5.92 Å². The van der Waals surface area contributed by atoms with Crippen molar-refractivity contribution in [2.45, 2.75) is 38.8 Å². The van der Waals surface area contributed by atoms with Gasteiger partial charge in [0.25, 0.3) is 0 Å². The van der Waals surface area contributed by atoms with Crippen LogP contribution >= 0.6 is 0 Å². The first-order valence-corrected chi connectivity index (χ1v) is 3.65. The molecule has 0 aromatic heterocycles. The number of ether oxygens (including phenoxy) is 1. The van der Waals surface area contributed by atoms with Gasteiger partial charge < -0.3 is 4.74 Å². The summed E-state index contributed by atoms with van der Waals surface area (Å²) in [5.74, 6) is 0.657. The van der Waals surface area contributed by atoms with Gasteiger partial charge in [-0.15, -0.1) is 0 Å². The molecule has 1 saturated heterocycles. The minimum atomic E-state index is 0.00458. The SMILES string of the molecule is [B][C@@H]1CC(C)[C@H](CC)O1. The molecule has 50 valence electrons. The van der Waals surface area contributed by atoms with Crippen molar-refractivity contribution in [3.8, 4) is 0 Å². The lowest BCUT2D eigenvalue weighted by molar-refractivity contribution is 0.0718. The molecule has 9 heavy (non-hydrogen) atoms. The van der Waals surface area contributed by atoms with Gasteiger partial charge in [0, 0.05) is 6.00 Å². The summed E-state index contributed by atoms with van der Waals surface area (Å²) in [4.78, 5) is 0. The van der Waals surface area contributed by atoms with Crippen LogP contribution in [-0.2, 0) is 4.74 Å². The van der Waals surface area contributed by atoms with Gasteiger partial charge in [0.1, 0.15) is 7.85 Å². The first-order valence-electron chi connectivity index (χ1n) is 3.65. The van der Waals surface area contributed by atoms with Crippen LogP contribution in [0.15, 0.2) is 0 Å². The summed E-state index contributed by atoms with van der Waals surface area (Å²) in [5.41, 5.74) is 0. The summed E-state index contributed by atoms with van der Waals surface area (Å²) in [7, 11) is 5.57. The van der Waals surface area contributed by atoms with E-state index in [1.165, 1.54) is 0 Å². The molecule has 1 aliphatic heterocycles. The van der Waals surface area contributed by atoms with Gasteiger partial charge in [0.05, 0.1) is 6.10 Å². The quantitative estimate of drug-likeness (QED) is 0.479. The van der Waals surface area contributed by atoms with Crippen LogP contribution in [0.2, 0.25) is 0 Å². The average molecular weight is 124 g/mol. The molecular formula is C7H13BO. The maximum absolute atomic E-state index is 5.57. The monoisotopic (exact) mass is 124 g/mol. The molecule has 0 amide bonds. The van der Waals surface area contributed by atoms with Crippen molar-refractivity contribution in [3.05, 3.63) is 0 Å². The molecule has 0 aliphatic carbocycles. The van der Waals surface area contributed by atoms with E-state index in [2.05, 4.69) is 13.8 Å². The van der Waals surface area contributed by atoms with E-state index in [0.29, 0.717) is 12.0 Å². The van der Waals surface area contributed by atoms with Crippen LogP contribution in [0.5, 0.6) is 0 Å². The van der Waals surface area contributed by atoms with E-state index in [4.69, 9.17) is 12.6 Å². The lowest BCUT2D eigenvalue weighted by Crippen LogP contribution is -2.12. The van der Waals surface area contributed by atoms with Crippen molar-refractivity contribution in [3.63, 3.8) is 0 Å². The van der Waals surface area contributed by atoms with E-state index in [1.807, 2.05) is 0 Å². The summed E-state index contributed by atoms with van der Waals surface area (Å²) in [6.45, 7) is 4.33. The number of hydrogen-bond acceptors (Lipinski definition) is 1. The lowest BCUT2D eigenvalue weighted by atomic mass is 9.91. The van der Waals surface area contributed by atoms with E-state index < -0.39 is 0 Å². The Labute approximate surface area is 58.2 Å². The Balaban J connectivity index is 2.38. The lowest BCUT2D eigenvalue weighted by Gasteiger charge is -2.10. The third-order valence-electron chi connectivity index (χ3n) is 1.99. The van der Waals surface area contributed by atoms with Crippen LogP contribution in [0.25, 0.3) is 0 Å². The fraction of sp³-hybridized carbons (Fsp3) is 1.00. The molecule has 0 saturated carbocycles. The van der Waals surface area contributed by atoms with Crippen LogP contribution in [-0.4, -0.2) is 20.0 Å². The molecule has 0 N–H and O–H groups in total. The number of hydrogen-bond donors (Lipinski definition) is 0. The zero-order chi connectivity index (χ0) is 6.85. The Kier molecular flexibility index (Phi) is 2.17. The van der Waals surface area contributed by atoms with Crippen molar-refractivity contribution in [2.75, 3.05) is 0 Å². The summed E-state index contributed by atoms with van der Waals surface area (Å²) >= 11 is 0. The maximum atomic E-state index is 5.57. The van der Waals surface area contributed by atoms with Gasteiger partial charge in [0.15, 0.2) is 0 Å². The molecule has 1 heterocycles. The highest BCUT2D eigenvalue weighted by atomic mass is 16.5. The van der Waals surface area contributed by atoms with Gasteiger partial charge in [-0.3, -0.25) is 0 Å². The van der Waals surface area contributed by atoms with Crippen molar-refractivity contribution >= 4 is 7.85 Å². The molecule has 0 bridgehead atoms. The Morgan fingerprint density at radius 1 is 1.67 bits per heavy atom. The van der Waals surface area contributed by atoms with Crippen LogP contribution in [0.4, 0.5) is 0 Å². The van der Waals surface area contributed by atoms with E-state index >= 15 is 0 Å². The second-order valence-corrected chi connectivity index (χ2v) is 2.83. The smallest absolute Gasteiger partial charge is 0.109 e. The molecule has 1 aliphatic rings. The summed E-state index contributed by atoms with van der Waals surface area (Å²) < 4.78 is 5.40. The first kappa shape index (κ1) is 7.14. The topological polar surface area (TPSA) is 9.23 Å². The minimum Gasteiger partial charge on any atom is -0.384 e. The van der Waals surface area contributed by atoms with Crippen LogP contribution in [0.3, 0.4) is 0 Å². The third kappa shape index (κ3) is 1.48. The molecule has 1 nitrogen and oxygen atoms in total. The molecule has 0 aromatic rings. The van der Waals surface area contributed by atoms with Crippen molar-refractivity contribution in [1.29, 1.82) is 0 Å². The van der Waals surface area contributed by atoms with Gasteiger partial charge >= 0.3 is 0 Å². The van der Waals surface area contributed by atoms with E-state index in [0.717, 1.165) is 12.8 Å². The minimum absolute atomic E-state index is 0.00458. The highest BCUT2D eigenvalue weighted by Gasteiger charge is 2.26. The van der Waals surface area contributed by atoms with Crippen LogP contribution in [0.1, 0.15) is 26.7 Å². The van der Waals surface area contributed by atoms with E-state index in [1.54, 1.807) is 0 Å². The van der Waals surface area contributed by atoms with Gasteiger partial charge in [0.2, 0.25) is 0 Å². The average Bonchev–Trinajstić information content (AvgIpc) is 2.10. The molecule has 1 fully saturated rings. The molecular weight excluding hydrogens is 111 g/mol. The van der Waals surface area contributed by atoms with Crippen LogP contribution < -0.4 is 0 Å². The van der Waals surface area contributed by atoms with Gasteiger partial charge in [-0.2, -0.15) is 0 Å². The van der Waals surface area contributed by atoms with E-state index in [-0.39, 0.29) is 6.00 Å². The van der Waals surface area contributed by atoms with Gasteiger partial charge in [-0.25, -0.2) is 0 Å². The molecule has 2 radical (unpaired) electrons. The van der Waals surface area contributed by atoms with Gasteiger partial charge in [-0.05, 0) is 18.8 Å². The number of rotatable bonds is 1. The second kappa shape index (κ2) is 2.74. The highest BCUT2D eigenvalue weighted by Crippen LogP contribution is 2.25. The Morgan fingerprint density at radius 2 is 2.33 bits per heavy atom. The fourth-order valence-corrected chi connectivity index (χ4v) is 1.43. The fourth-order valence-electron chi connectivity index (χ4n) is 1.43. The second-order valence-electron chi connectivity index (χ2n) is 2.83.